The van der Waals surface area contributed by atoms with Crippen LogP contribution in [0.4, 0.5) is 13.2 Å². The van der Waals surface area contributed by atoms with E-state index in [9.17, 15) is 13.2 Å². The lowest BCUT2D eigenvalue weighted by Crippen LogP contribution is -2.29. The van der Waals surface area contributed by atoms with Gasteiger partial charge in [0.05, 0.1) is 0 Å². The van der Waals surface area contributed by atoms with Gasteiger partial charge >= 0.3 is 6.36 Å². The first-order valence-electron chi connectivity index (χ1n) is 6.42. The van der Waals surface area contributed by atoms with Crippen molar-refractivity contribution >= 4 is 11.8 Å². The second kappa shape index (κ2) is 7.78. The zero-order valence-electron chi connectivity index (χ0n) is 11.8. The van der Waals surface area contributed by atoms with E-state index >= 15 is 0 Å². The highest BCUT2D eigenvalue weighted by atomic mass is 32.2. The van der Waals surface area contributed by atoms with Crippen molar-refractivity contribution in [1.82, 2.24) is 5.32 Å². The summed E-state index contributed by atoms with van der Waals surface area (Å²) < 4.78 is 40.0. The van der Waals surface area contributed by atoms with Crippen molar-refractivity contribution in [3.05, 3.63) is 29.8 Å². The largest absolute Gasteiger partial charge is 0.573 e. The fourth-order valence-corrected chi connectivity index (χ4v) is 2.45. The van der Waals surface area contributed by atoms with Gasteiger partial charge in [-0.1, -0.05) is 12.1 Å². The lowest BCUT2D eigenvalue weighted by atomic mass is 10.1. The first kappa shape index (κ1) is 17.2. The molecule has 1 aromatic carbocycles. The summed E-state index contributed by atoms with van der Waals surface area (Å²) in [7, 11) is 0. The van der Waals surface area contributed by atoms with E-state index in [1.165, 1.54) is 12.1 Å². The molecule has 0 spiro atoms. The Balaban J connectivity index is 2.55. The maximum absolute atomic E-state index is 12.1. The van der Waals surface area contributed by atoms with Gasteiger partial charge in [-0.2, -0.15) is 11.8 Å². The summed E-state index contributed by atoms with van der Waals surface area (Å²) in [6, 6.07) is 6.44. The maximum atomic E-state index is 12.1. The number of hydrogen-bond donors (Lipinski definition) is 1. The SMILES string of the molecule is CSCCC(C)NC(C)c1ccc(OC(F)(F)F)cc1. The molecule has 6 heteroatoms. The number of thioether (sulfide) groups is 1. The van der Waals surface area contributed by atoms with Gasteiger partial charge in [0.1, 0.15) is 5.75 Å². The molecule has 114 valence electrons. The molecule has 2 nitrogen and oxygen atoms in total. The first-order chi connectivity index (χ1) is 9.31. The lowest BCUT2D eigenvalue weighted by Gasteiger charge is -2.20. The summed E-state index contributed by atoms with van der Waals surface area (Å²) in [6.07, 6.45) is -1.52. The van der Waals surface area contributed by atoms with Crippen molar-refractivity contribution in [2.45, 2.75) is 38.7 Å². The smallest absolute Gasteiger partial charge is 0.406 e. The van der Waals surface area contributed by atoms with Gasteiger partial charge < -0.3 is 10.1 Å². The minimum absolute atomic E-state index is 0.0896. The molecule has 0 aliphatic rings. The molecular formula is C14H20F3NOS. The van der Waals surface area contributed by atoms with Crippen LogP contribution < -0.4 is 10.1 Å². The highest BCUT2D eigenvalue weighted by Gasteiger charge is 2.31. The molecule has 0 aliphatic carbocycles. The summed E-state index contributed by atoms with van der Waals surface area (Å²) in [6.45, 7) is 4.10. The Labute approximate surface area is 122 Å². The van der Waals surface area contributed by atoms with E-state index < -0.39 is 6.36 Å². The van der Waals surface area contributed by atoms with Gasteiger partial charge in [0.25, 0.3) is 0 Å². The van der Waals surface area contributed by atoms with Crippen LogP contribution in [0.1, 0.15) is 31.9 Å². The monoisotopic (exact) mass is 307 g/mol. The molecule has 0 amide bonds. The van der Waals surface area contributed by atoms with Gasteiger partial charge in [-0.05, 0) is 50.0 Å². The second-order valence-electron chi connectivity index (χ2n) is 4.69. The zero-order chi connectivity index (χ0) is 15.2. The van der Waals surface area contributed by atoms with E-state index in [2.05, 4.69) is 23.2 Å². The Kier molecular flexibility index (Phi) is 6.68. The number of rotatable bonds is 7. The van der Waals surface area contributed by atoms with Crippen LogP contribution in [0, 0.1) is 0 Å². The van der Waals surface area contributed by atoms with Gasteiger partial charge in [-0.15, -0.1) is 13.2 Å². The van der Waals surface area contributed by atoms with Crippen molar-refractivity contribution < 1.29 is 17.9 Å². The predicted molar refractivity (Wildman–Crippen MR) is 77.1 cm³/mol. The number of hydrogen-bond acceptors (Lipinski definition) is 3. The van der Waals surface area contributed by atoms with Gasteiger partial charge in [-0.3, -0.25) is 0 Å². The fourth-order valence-electron chi connectivity index (χ4n) is 1.86. The highest BCUT2D eigenvalue weighted by Crippen LogP contribution is 2.24. The third-order valence-electron chi connectivity index (χ3n) is 2.90. The molecule has 0 saturated heterocycles. The summed E-state index contributed by atoms with van der Waals surface area (Å²) >= 11 is 1.80. The van der Waals surface area contributed by atoms with E-state index in [1.54, 1.807) is 23.9 Å². The van der Waals surface area contributed by atoms with Crippen LogP contribution in [0.2, 0.25) is 0 Å². The molecule has 0 aromatic heterocycles. The summed E-state index contributed by atoms with van der Waals surface area (Å²) in [4.78, 5) is 0. The summed E-state index contributed by atoms with van der Waals surface area (Å²) in [5.41, 5.74) is 0.940. The minimum atomic E-state index is -4.64. The third kappa shape index (κ3) is 6.52. The van der Waals surface area contributed by atoms with E-state index in [4.69, 9.17) is 0 Å². The molecule has 0 saturated carbocycles. The molecule has 2 unspecified atom stereocenters. The van der Waals surface area contributed by atoms with Crippen molar-refractivity contribution in [3.63, 3.8) is 0 Å². The first-order valence-corrected chi connectivity index (χ1v) is 7.82. The fraction of sp³-hybridized carbons (Fsp3) is 0.571. The molecule has 2 atom stereocenters. The highest BCUT2D eigenvalue weighted by molar-refractivity contribution is 7.98. The molecular weight excluding hydrogens is 287 g/mol. The molecule has 0 fully saturated rings. The number of benzene rings is 1. The number of ether oxygens (including phenoxy) is 1. The van der Waals surface area contributed by atoms with Crippen molar-refractivity contribution in [2.24, 2.45) is 0 Å². The molecule has 0 radical (unpaired) electrons. The standard InChI is InChI=1S/C14H20F3NOS/c1-10(8-9-20-3)18-11(2)12-4-6-13(7-5-12)19-14(15,16)17/h4-7,10-11,18H,8-9H2,1-3H3. The molecule has 1 rings (SSSR count). The van der Waals surface area contributed by atoms with Crippen molar-refractivity contribution in [2.75, 3.05) is 12.0 Å². The van der Waals surface area contributed by atoms with Gasteiger partial charge in [0.2, 0.25) is 0 Å². The summed E-state index contributed by atoms with van der Waals surface area (Å²) in [5.74, 6) is 0.892. The van der Waals surface area contributed by atoms with E-state index in [-0.39, 0.29) is 11.8 Å². The molecule has 0 bridgehead atoms. The van der Waals surface area contributed by atoms with Crippen LogP contribution in [0.15, 0.2) is 24.3 Å². The maximum Gasteiger partial charge on any atom is 0.573 e. The topological polar surface area (TPSA) is 21.3 Å². The Morgan fingerprint density at radius 1 is 1.20 bits per heavy atom. The van der Waals surface area contributed by atoms with Gasteiger partial charge in [0, 0.05) is 12.1 Å². The van der Waals surface area contributed by atoms with E-state index in [0.717, 1.165) is 17.7 Å². The van der Waals surface area contributed by atoms with Crippen LogP contribution in [0.25, 0.3) is 0 Å². The lowest BCUT2D eigenvalue weighted by molar-refractivity contribution is -0.274. The molecule has 20 heavy (non-hydrogen) atoms. The molecule has 1 aromatic rings. The number of alkyl halides is 3. The van der Waals surface area contributed by atoms with Crippen LogP contribution in [0.3, 0.4) is 0 Å². The Hall–Kier alpha value is -0.880. The van der Waals surface area contributed by atoms with Gasteiger partial charge in [-0.25, -0.2) is 0 Å². The quantitative estimate of drug-likeness (QED) is 0.808. The predicted octanol–water partition coefficient (Wildman–Crippen LogP) is 4.38. The Bertz CT molecular complexity index is 394. The van der Waals surface area contributed by atoms with Crippen molar-refractivity contribution in [1.29, 1.82) is 0 Å². The normalized spacial score (nSPS) is 14.9. The Morgan fingerprint density at radius 3 is 2.30 bits per heavy atom. The van der Waals surface area contributed by atoms with Gasteiger partial charge in [0.15, 0.2) is 0 Å². The molecule has 0 heterocycles. The zero-order valence-corrected chi connectivity index (χ0v) is 12.6. The summed E-state index contributed by atoms with van der Waals surface area (Å²) in [5, 5.41) is 3.42. The molecule has 1 N–H and O–H groups in total. The van der Waals surface area contributed by atoms with Crippen molar-refractivity contribution in [3.8, 4) is 5.75 Å². The Morgan fingerprint density at radius 2 is 1.80 bits per heavy atom. The number of nitrogens with one attached hydrogen (secondary N) is 1. The number of halogens is 3. The third-order valence-corrected chi connectivity index (χ3v) is 3.55. The van der Waals surface area contributed by atoms with Crippen LogP contribution >= 0.6 is 11.8 Å². The average molecular weight is 307 g/mol. The van der Waals surface area contributed by atoms with Crippen LogP contribution in [0.5, 0.6) is 5.75 Å². The van der Waals surface area contributed by atoms with E-state index in [1.807, 2.05) is 6.92 Å². The second-order valence-corrected chi connectivity index (χ2v) is 5.67. The average Bonchev–Trinajstić information content (AvgIpc) is 2.35. The van der Waals surface area contributed by atoms with Crippen LogP contribution in [-0.2, 0) is 0 Å². The minimum Gasteiger partial charge on any atom is -0.406 e. The van der Waals surface area contributed by atoms with E-state index in [0.29, 0.717) is 6.04 Å². The van der Waals surface area contributed by atoms with Crippen LogP contribution in [-0.4, -0.2) is 24.4 Å². The molecule has 0 aliphatic heterocycles.